The van der Waals surface area contributed by atoms with E-state index in [-0.39, 0.29) is 24.1 Å². The summed E-state index contributed by atoms with van der Waals surface area (Å²) in [7, 11) is 0. The zero-order chi connectivity index (χ0) is 14.5. The van der Waals surface area contributed by atoms with Crippen LogP contribution in [0.4, 0.5) is 0 Å². The second-order valence-electron chi connectivity index (χ2n) is 4.92. The Morgan fingerprint density at radius 3 is 2.45 bits per heavy atom. The van der Waals surface area contributed by atoms with Gasteiger partial charge in [0.1, 0.15) is 11.5 Å². The fraction of sp³-hybridized carbons (Fsp3) is 0.235. The van der Waals surface area contributed by atoms with Gasteiger partial charge >= 0.3 is 0 Å². The maximum absolute atomic E-state index is 12.1. The van der Waals surface area contributed by atoms with E-state index < -0.39 is 0 Å². The van der Waals surface area contributed by atoms with Crippen LogP contribution in [0, 0.1) is 0 Å². The number of hydrogen-bond donors (Lipinski definition) is 1. The monoisotopic (exact) mass is 270 g/mol. The van der Waals surface area contributed by atoms with Crippen molar-refractivity contribution in [1.82, 2.24) is 0 Å². The second kappa shape index (κ2) is 6.24. The number of rotatable bonds is 5. The van der Waals surface area contributed by atoms with Crippen LogP contribution in [0.5, 0.6) is 11.5 Å². The molecule has 20 heavy (non-hydrogen) atoms. The highest BCUT2D eigenvalue weighted by molar-refractivity contribution is 5.97. The lowest BCUT2D eigenvalue weighted by molar-refractivity contribution is 0.0992. The summed E-state index contributed by atoms with van der Waals surface area (Å²) in [4.78, 5) is 12.1. The molecule has 0 aromatic heterocycles. The number of benzene rings is 2. The van der Waals surface area contributed by atoms with Gasteiger partial charge in [-0.1, -0.05) is 36.4 Å². The smallest absolute Gasteiger partial charge is 0.167 e. The van der Waals surface area contributed by atoms with Gasteiger partial charge in [-0.25, -0.2) is 0 Å². The molecule has 0 spiro atoms. The van der Waals surface area contributed by atoms with E-state index >= 15 is 0 Å². The molecule has 0 heterocycles. The first-order valence-corrected chi connectivity index (χ1v) is 6.63. The van der Waals surface area contributed by atoms with Crippen molar-refractivity contribution < 1.29 is 14.6 Å². The molecule has 104 valence electrons. The van der Waals surface area contributed by atoms with Crippen LogP contribution in [-0.4, -0.2) is 17.0 Å². The van der Waals surface area contributed by atoms with Gasteiger partial charge < -0.3 is 9.84 Å². The van der Waals surface area contributed by atoms with Crippen molar-refractivity contribution in [1.29, 1.82) is 0 Å². The number of ketones is 1. The Morgan fingerprint density at radius 1 is 1.15 bits per heavy atom. The highest BCUT2D eigenvalue weighted by atomic mass is 16.5. The molecule has 3 nitrogen and oxygen atoms in total. The van der Waals surface area contributed by atoms with Crippen LogP contribution in [0.3, 0.4) is 0 Å². The summed E-state index contributed by atoms with van der Waals surface area (Å²) >= 11 is 0. The minimum absolute atomic E-state index is 0.0153. The average molecular weight is 270 g/mol. The number of ether oxygens (including phenoxy) is 1. The number of carbonyl (C=O) groups is 1. The second-order valence-corrected chi connectivity index (χ2v) is 4.92. The Labute approximate surface area is 118 Å². The van der Waals surface area contributed by atoms with Crippen LogP contribution >= 0.6 is 0 Å². The van der Waals surface area contributed by atoms with Crippen LogP contribution in [0.2, 0.25) is 0 Å². The standard InChI is InChI=1S/C17H18O3/c1-12(2)20-15-9-8-14(17(19)11-15)10-16(18)13-6-4-3-5-7-13/h3-9,11-12,19H,10H2,1-2H3. The Balaban J connectivity index is 2.12. The first-order chi connectivity index (χ1) is 9.56. The highest BCUT2D eigenvalue weighted by Gasteiger charge is 2.11. The van der Waals surface area contributed by atoms with Crippen LogP contribution in [0.15, 0.2) is 48.5 Å². The molecule has 0 saturated heterocycles. The van der Waals surface area contributed by atoms with E-state index in [1.807, 2.05) is 32.0 Å². The molecule has 0 aliphatic rings. The van der Waals surface area contributed by atoms with E-state index in [0.29, 0.717) is 16.9 Å². The van der Waals surface area contributed by atoms with Crippen LogP contribution < -0.4 is 4.74 Å². The summed E-state index contributed by atoms with van der Waals surface area (Å²) < 4.78 is 5.49. The van der Waals surface area contributed by atoms with E-state index in [2.05, 4.69) is 0 Å². The Morgan fingerprint density at radius 2 is 1.85 bits per heavy atom. The predicted molar refractivity (Wildman–Crippen MR) is 78.3 cm³/mol. The summed E-state index contributed by atoms with van der Waals surface area (Å²) in [5, 5.41) is 9.97. The maximum atomic E-state index is 12.1. The number of phenolic OH excluding ortho intramolecular Hbond substituents is 1. The fourth-order valence-electron chi connectivity index (χ4n) is 1.94. The highest BCUT2D eigenvalue weighted by Crippen LogP contribution is 2.25. The summed E-state index contributed by atoms with van der Waals surface area (Å²) in [6, 6.07) is 14.1. The van der Waals surface area contributed by atoms with E-state index in [9.17, 15) is 9.90 Å². The topological polar surface area (TPSA) is 46.5 Å². The molecule has 0 saturated carbocycles. The Kier molecular flexibility index (Phi) is 4.41. The van der Waals surface area contributed by atoms with Gasteiger partial charge in [0.05, 0.1) is 6.10 Å². The van der Waals surface area contributed by atoms with Crippen LogP contribution in [0.1, 0.15) is 29.8 Å². The lowest BCUT2D eigenvalue weighted by atomic mass is 10.0. The average Bonchev–Trinajstić information content (AvgIpc) is 2.42. The molecule has 2 aromatic carbocycles. The van der Waals surface area contributed by atoms with Gasteiger partial charge in [-0.05, 0) is 19.9 Å². The van der Waals surface area contributed by atoms with Crippen molar-refractivity contribution in [2.45, 2.75) is 26.4 Å². The zero-order valence-corrected chi connectivity index (χ0v) is 11.7. The van der Waals surface area contributed by atoms with Crippen LogP contribution in [0.25, 0.3) is 0 Å². The normalized spacial score (nSPS) is 10.6. The molecule has 0 fully saturated rings. The SMILES string of the molecule is CC(C)Oc1ccc(CC(=O)c2ccccc2)c(O)c1. The van der Waals surface area contributed by atoms with Gasteiger partial charge in [-0.3, -0.25) is 4.79 Å². The van der Waals surface area contributed by atoms with E-state index in [4.69, 9.17) is 4.74 Å². The van der Waals surface area contributed by atoms with E-state index in [0.717, 1.165) is 0 Å². The summed E-state index contributed by atoms with van der Waals surface area (Å²) in [5.74, 6) is 0.680. The van der Waals surface area contributed by atoms with Crippen molar-refractivity contribution in [2.75, 3.05) is 0 Å². The summed E-state index contributed by atoms with van der Waals surface area (Å²) in [6.45, 7) is 3.84. The fourth-order valence-corrected chi connectivity index (χ4v) is 1.94. The predicted octanol–water partition coefficient (Wildman–Crippen LogP) is 3.60. The zero-order valence-electron chi connectivity index (χ0n) is 11.7. The molecular formula is C17H18O3. The van der Waals surface area contributed by atoms with Crippen molar-refractivity contribution in [3.63, 3.8) is 0 Å². The third kappa shape index (κ3) is 3.60. The third-order valence-corrected chi connectivity index (χ3v) is 2.88. The maximum Gasteiger partial charge on any atom is 0.167 e. The molecule has 3 heteroatoms. The van der Waals surface area contributed by atoms with Crippen LogP contribution in [-0.2, 0) is 6.42 Å². The lowest BCUT2D eigenvalue weighted by Crippen LogP contribution is -2.06. The first kappa shape index (κ1) is 14.1. The quantitative estimate of drug-likeness (QED) is 0.844. The number of Topliss-reactive ketones (excluding diaryl/α,β-unsaturated/α-hetero) is 1. The first-order valence-electron chi connectivity index (χ1n) is 6.63. The molecule has 0 atom stereocenters. The molecule has 0 radical (unpaired) electrons. The molecular weight excluding hydrogens is 252 g/mol. The molecule has 0 amide bonds. The lowest BCUT2D eigenvalue weighted by Gasteiger charge is -2.11. The number of aromatic hydroxyl groups is 1. The number of carbonyl (C=O) groups excluding carboxylic acids is 1. The number of hydrogen-bond acceptors (Lipinski definition) is 3. The van der Waals surface area contributed by atoms with E-state index in [1.165, 1.54) is 0 Å². The molecule has 2 aromatic rings. The van der Waals surface area contributed by atoms with Gasteiger partial charge in [0.25, 0.3) is 0 Å². The molecule has 0 aliphatic carbocycles. The van der Waals surface area contributed by atoms with Crippen molar-refractivity contribution >= 4 is 5.78 Å². The van der Waals surface area contributed by atoms with Crippen molar-refractivity contribution in [3.8, 4) is 11.5 Å². The molecule has 0 bridgehead atoms. The summed E-state index contributed by atoms with van der Waals surface area (Å²) in [5.41, 5.74) is 1.25. The minimum atomic E-state index is -0.0153. The molecule has 0 aliphatic heterocycles. The Bertz CT molecular complexity index is 588. The van der Waals surface area contributed by atoms with Gasteiger partial charge in [0, 0.05) is 23.6 Å². The molecule has 0 unspecified atom stereocenters. The van der Waals surface area contributed by atoms with Gasteiger partial charge in [-0.2, -0.15) is 0 Å². The Hall–Kier alpha value is -2.29. The van der Waals surface area contributed by atoms with Gasteiger partial charge in [-0.15, -0.1) is 0 Å². The number of phenols is 1. The van der Waals surface area contributed by atoms with Crippen molar-refractivity contribution in [3.05, 3.63) is 59.7 Å². The van der Waals surface area contributed by atoms with Gasteiger partial charge in [0.2, 0.25) is 0 Å². The minimum Gasteiger partial charge on any atom is -0.508 e. The molecule has 1 N–H and O–H groups in total. The van der Waals surface area contributed by atoms with Gasteiger partial charge in [0.15, 0.2) is 5.78 Å². The largest absolute Gasteiger partial charge is 0.508 e. The van der Waals surface area contributed by atoms with Crippen molar-refractivity contribution in [2.24, 2.45) is 0 Å². The third-order valence-electron chi connectivity index (χ3n) is 2.88. The summed E-state index contributed by atoms with van der Waals surface area (Å²) in [6.07, 6.45) is 0.226. The molecule has 2 rings (SSSR count). The van der Waals surface area contributed by atoms with E-state index in [1.54, 1.807) is 30.3 Å².